The summed E-state index contributed by atoms with van der Waals surface area (Å²) in [5.74, 6) is 0.990. The van der Waals surface area contributed by atoms with Crippen molar-refractivity contribution in [1.82, 2.24) is 4.90 Å². The SMILES string of the molecule is COC(CN(CC=C1S(=O)CCCS1=O)C(=O)OCc1ccccc1)OC. The Morgan fingerprint density at radius 1 is 1.15 bits per heavy atom. The molecule has 1 amide bonds. The predicted molar refractivity (Wildman–Crippen MR) is 105 cm³/mol. The lowest BCUT2D eigenvalue weighted by atomic mass is 10.2. The molecule has 0 N–H and O–H groups in total. The molecular formula is C18H25NO6S2. The molecule has 0 aliphatic carbocycles. The summed E-state index contributed by atoms with van der Waals surface area (Å²) in [6, 6.07) is 9.34. The highest BCUT2D eigenvalue weighted by Crippen LogP contribution is 2.17. The van der Waals surface area contributed by atoms with Gasteiger partial charge in [-0.15, -0.1) is 0 Å². The van der Waals surface area contributed by atoms with Crippen molar-refractivity contribution in [3.8, 4) is 0 Å². The van der Waals surface area contributed by atoms with Crippen molar-refractivity contribution in [2.45, 2.75) is 19.3 Å². The van der Waals surface area contributed by atoms with Gasteiger partial charge in [-0.1, -0.05) is 30.3 Å². The molecule has 0 saturated carbocycles. The Kier molecular flexibility index (Phi) is 9.12. The second-order valence-electron chi connectivity index (χ2n) is 5.82. The number of carbonyl (C=O) groups excluding carboxylic acids is 1. The van der Waals surface area contributed by atoms with Gasteiger partial charge in [0.05, 0.1) is 28.1 Å². The highest BCUT2D eigenvalue weighted by Gasteiger charge is 2.23. The third-order valence-electron chi connectivity index (χ3n) is 3.95. The second kappa shape index (κ2) is 11.3. The second-order valence-corrected chi connectivity index (χ2v) is 9.16. The molecule has 0 bridgehead atoms. The highest BCUT2D eigenvalue weighted by molar-refractivity contribution is 8.09. The zero-order valence-corrected chi connectivity index (χ0v) is 17.1. The van der Waals surface area contributed by atoms with Crippen LogP contribution in [0.25, 0.3) is 0 Å². The molecule has 1 aliphatic heterocycles. The molecule has 1 heterocycles. The first-order valence-corrected chi connectivity index (χ1v) is 11.2. The van der Waals surface area contributed by atoms with Crippen LogP contribution in [0.5, 0.6) is 0 Å². The van der Waals surface area contributed by atoms with E-state index >= 15 is 0 Å². The van der Waals surface area contributed by atoms with Gasteiger partial charge in [0.1, 0.15) is 10.8 Å². The van der Waals surface area contributed by atoms with E-state index in [0.717, 1.165) is 5.56 Å². The van der Waals surface area contributed by atoms with Gasteiger partial charge in [-0.3, -0.25) is 13.3 Å². The first kappa shape index (κ1) is 21.7. The number of hydrogen-bond acceptors (Lipinski definition) is 6. The molecule has 2 atom stereocenters. The van der Waals surface area contributed by atoms with E-state index in [1.165, 1.54) is 19.1 Å². The summed E-state index contributed by atoms with van der Waals surface area (Å²) in [7, 11) is 0.420. The number of rotatable bonds is 8. The fourth-order valence-corrected chi connectivity index (χ4v) is 5.70. The summed E-state index contributed by atoms with van der Waals surface area (Å²) in [6.07, 6.45) is 1.09. The number of ether oxygens (including phenoxy) is 3. The van der Waals surface area contributed by atoms with Gasteiger partial charge >= 0.3 is 6.09 Å². The quantitative estimate of drug-likeness (QED) is 0.604. The van der Waals surface area contributed by atoms with E-state index in [9.17, 15) is 13.2 Å². The Bertz CT molecular complexity index is 672. The molecule has 2 rings (SSSR count). The molecule has 150 valence electrons. The van der Waals surface area contributed by atoms with Crippen molar-refractivity contribution < 1.29 is 27.4 Å². The Morgan fingerprint density at radius 2 is 1.78 bits per heavy atom. The molecule has 7 nitrogen and oxygen atoms in total. The summed E-state index contributed by atoms with van der Waals surface area (Å²) >= 11 is 0. The number of benzene rings is 1. The van der Waals surface area contributed by atoms with Crippen LogP contribution in [0.3, 0.4) is 0 Å². The molecule has 1 saturated heterocycles. The number of carbonyl (C=O) groups is 1. The molecule has 9 heteroatoms. The van der Waals surface area contributed by atoms with E-state index in [0.29, 0.717) is 22.2 Å². The van der Waals surface area contributed by atoms with Crippen LogP contribution in [0.2, 0.25) is 0 Å². The van der Waals surface area contributed by atoms with E-state index in [1.54, 1.807) is 6.08 Å². The molecule has 2 unspecified atom stereocenters. The number of hydrogen-bond donors (Lipinski definition) is 0. The van der Waals surface area contributed by atoms with Crippen LogP contribution in [0.4, 0.5) is 4.79 Å². The fourth-order valence-electron chi connectivity index (χ4n) is 2.46. The molecule has 0 aromatic heterocycles. The Morgan fingerprint density at radius 3 is 2.37 bits per heavy atom. The summed E-state index contributed by atoms with van der Waals surface area (Å²) in [5, 5.41) is 0. The van der Waals surface area contributed by atoms with Gasteiger partial charge in [-0.05, 0) is 18.1 Å². The van der Waals surface area contributed by atoms with E-state index in [-0.39, 0.29) is 19.7 Å². The van der Waals surface area contributed by atoms with Crippen LogP contribution in [-0.2, 0) is 42.4 Å². The van der Waals surface area contributed by atoms with Gasteiger partial charge in [-0.2, -0.15) is 0 Å². The first-order chi connectivity index (χ1) is 13.0. The highest BCUT2D eigenvalue weighted by atomic mass is 32.2. The van der Waals surface area contributed by atoms with Crippen molar-refractivity contribution in [1.29, 1.82) is 0 Å². The minimum Gasteiger partial charge on any atom is -0.445 e. The molecule has 1 aromatic rings. The van der Waals surface area contributed by atoms with Crippen molar-refractivity contribution in [2.75, 3.05) is 38.8 Å². The van der Waals surface area contributed by atoms with E-state index in [4.69, 9.17) is 14.2 Å². The molecule has 1 aliphatic rings. The van der Waals surface area contributed by atoms with Crippen molar-refractivity contribution in [3.05, 3.63) is 46.2 Å². The van der Waals surface area contributed by atoms with Crippen LogP contribution in [0.15, 0.2) is 40.6 Å². The summed E-state index contributed by atoms with van der Waals surface area (Å²) < 4.78 is 40.3. The van der Waals surface area contributed by atoms with Crippen LogP contribution in [0, 0.1) is 0 Å². The molecule has 1 fully saturated rings. The van der Waals surface area contributed by atoms with E-state index < -0.39 is 34.0 Å². The predicted octanol–water partition coefficient (Wildman–Crippen LogP) is 1.99. The van der Waals surface area contributed by atoms with Gasteiger partial charge in [0.25, 0.3) is 0 Å². The van der Waals surface area contributed by atoms with E-state index in [2.05, 4.69) is 0 Å². The molecular weight excluding hydrogens is 390 g/mol. The average Bonchev–Trinajstić information content (AvgIpc) is 2.69. The number of methoxy groups -OCH3 is 2. The zero-order valence-electron chi connectivity index (χ0n) is 15.5. The van der Waals surface area contributed by atoms with Crippen LogP contribution in [0.1, 0.15) is 12.0 Å². The Hall–Kier alpha value is -1.55. The molecule has 27 heavy (non-hydrogen) atoms. The van der Waals surface area contributed by atoms with Gasteiger partial charge < -0.3 is 14.2 Å². The summed E-state index contributed by atoms with van der Waals surface area (Å²) in [5.41, 5.74) is 0.869. The zero-order chi connectivity index (χ0) is 19.6. The van der Waals surface area contributed by atoms with Crippen LogP contribution in [-0.4, -0.2) is 64.5 Å². The topological polar surface area (TPSA) is 82.1 Å². The van der Waals surface area contributed by atoms with Gasteiger partial charge in [0.15, 0.2) is 6.29 Å². The van der Waals surface area contributed by atoms with Crippen molar-refractivity contribution in [3.63, 3.8) is 0 Å². The minimum atomic E-state index is -1.27. The largest absolute Gasteiger partial charge is 0.445 e. The summed E-state index contributed by atoms with van der Waals surface area (Å²) in [4.78, 5) is 13.9. The monoisotopic (exact) mass is 415 g/mol. The maximum absolute atomic E-state index is 12.5. The minimum absolute atomic E-state index is 0.115. The first-order valence-electron chi connectivity index (χ1n) is 8.53. The van der Waals surface area contributed by atoms with E-state index in [1.807, 2.05) is 30.3 Å². The standard InChI is InChI=1S/C18H25NO6S2/c1-23-16(24-2)13-19(10-9-17-26(21)11-6-12-27(17)22)18(20)25-14-15-7-4-3-5-8-15/h3-5,7-9,16H,6,10-14H2,1-2H3. The third kappa shape index (κ3) is 6.84. The van der Waals surface area contributed by atoms with Crippen molar-refractivity contribution in [2.24, 2.45) is 0 Å². The lowest BCUT2D eigenvalue weighted by molar-refractivity contribution is -0.113. The normalized spacial score (nSPS) is 19.7. The maximum atomic E-state index is 12.5. The lowest BCUT2D eigenvalue weighted by Gasteiger charge is -2.25. The molecule has 1 aromatic carbocycles. The van der Waals surface area contributed by atoms with Crippen molar-refractivity contribution >= 4 is 27.7 Å². The molecule has 0 radical (unpaired) electrons. The summed E-state index contributed by atoms with van der Waals surface area (Å²) in [6.45, 7) is 0.378. The van der Waals surface area contributed by atoms with Crippen LogP contribution < -0.4 is 0 Å². The fraction of sp³-hybridized carbons (Fsp3) is 0.500. The number of amides is 1. The smallest absolute Gasteiger partial charge is 0.410 e. The maximum Gasteiger partial charge on any atom is 0.410 e. The van der Waals surface area contributed by atoms with Gasteiger partial charge in [-0.25, -0.2) is 4.79 Å². The lowest BCUT2D eigenvalue weighted by Crippen LogP contribution is -2.39. The third-order valence-corrected chi connectivity index (χ3v) is 7.61. The Balaban J connectivity index is 2.06. The average molecular weight is 416 g/mol. The van der Waals surface area contributed by atoms with Crippen LogP contribution >= 0.6 is 0 Å². The van der Waals surface area contributed by atoms with Gasteiger partial charge in [0.2, 0.25) is 0 Å². The Labute approximate surface area is 164 Å². The molecule has 0 spiro atoms. The van der Waals surface area contributed by atoms with Gasteiger partial charge in [0, 0.05) is 32.3 Å². The number of nitrogens with zero attached hydrogens (tertiary/aromatic N) is 1.